The molecule has 1 fully saturated rings. The van der Waals surface area contributed by atoms with Crippen LogP contribution in [-0.2, 0) is 12.8 Å². The fourth-order valence-corrected chi connectivity index (χ4v) is 6.73. The van der Waals surface area contributed by atoms with E-state index in [2.05, 4.69) is 84.0 Å². The molecule has 0 aliphatic heterocycles. The second kappa shape index (κ2) is 13.8. The van der Waals surface area contributed by atoms with E-state index < -0.39 is 0 Å². The summed E-state index contributed by atoms with van der Waals surface area (Å²) in [6.07, 6.45) is 11.5. The van der Waals surface area contributed by atoms with E-state index >= 15 is 4.39 Å². The fraction of sp³-hybridized carbons (Fsp3) is 0.526. The molecule has 0 heterocycles. The van der Waals surface area contributed by atoms with Crippen LogP contribution in [0.25, 0.3) is 22.3 Å². The van der Waals surface area contributed by atoms with Crippen molar-refractivity contribution in [1.82, 2.24) is 0 Å². The van der Waals surface area contributed by atoms with E-state index in [9.17, 15) is 0 Å². The number of ether oxygens (including phenoxy) is 1. The molecule has 0 amide bonds. The van der Waals surface area contributed by atoms with Crippen molar-refractivity contribution < 1.29 is 9.13 Å². The first kappa shape index (κ1) is 30.4. The van der Waals surface area contributed by atoms with Crippen molar-refractivity contribution in [3.8, 4) is 28.0 Å². The predicted molar refractivity (Wildman–Crippen MR) is 170 cm³/mol. The Morgan fingerprint density at radius 2 is 1.35 bits per heavy atom. The van der Waals surface area contributed by atoms with Gasteiger partial charge in [0.2, 0.25) is 0 Å². The second-order valence-electron chi connectivity index (χ2n) is 12.3. The molecule has 1 aliphatic rings. The van der Waals surface area contributed by atoms with Crippen molar-refractivity contribution in [2.45, 2.75) is 112 Å². The Labute approximate surface area is 243 Å². The zero-order valence-corrected chi connectivity index (χ0v) is 25.9. The van der Waals surface area contributed by atoms with Gasteiger partial charge in [-0.05, 0) is 101 Å². The van der Waals surface area contributed by atoms with Crippen molar-refractivity contribution in [1.29, 1.82) is 0 Å². The van der Waals surface area contributed by atoms with Crippen molar-refractivity contribution in [2.75, 3.05) is 6.61 Å². The average molecular weight is 543 g/mol. The first-order chi connectivity index (χ1) is 19.4. The Hall–Kier alpha value is -2.61. The zero-order valence-electron chi connectivity index (χ0n) is 25.9. The largest absolute Gasteiger partial charge is 0.493 e. The minimum atomic E-state index is -0.160. The molecule has 0 unspecified atom stereocenters. The van der Waals surface area contributed by atoms with Crippen LogP contribution in [0, 0.1) is 17.2 Å². The smallest absolute Gasteiger partial charge is 0.131 e. The Morgan fingerprint density at radius 3 is 1.93 bits per heavy atom. The molecule has 3 aromatic carbocycles. The lowest BCUT2D eigenvalue weighted by Gasteiger charge is -2.30. The summed E-state index contributed by atoms with van der Waals surface area (Å²) in [6, 6.07) is 18.9. The summed E-state index contributed by atoms with van der Waals surface area (Å²) < 4.78 is 22.1. The molecule has 40 heavy (non-hydrogen) atoms. The van der Waals surface area contributed by atoms with Gasteiger partial charge in [-0.25, -0.2) is 4.39 Å². The topological polar surface area (TPSA) is 9.23 Å². The summed E-state index contributed by atoms with van der Waals surface area (Å²) >= 11 is 0. The Balaban J connectivity index is 1.54. The molecule has 3 aromatic rings. The zero-order chi connectivity index (χ0) is 28.7. The molecule has 2 heteroatoms. The number of hydrogen-bond donors (Lipinski definition) is 0. The van der Waals surface area contributed by atoms with Crippen LogP contribution in [0.15, 0.2) is 54.6 Å². The second-order valence-corrected chi connectivity index (χ2v) is 12.3. The molecule has 0 radical (unpaired) electrons. The third-order valence-corrected chi connectivity index (χ3v) is 10.2. The van der Waals surface area contributed by atoms with E-state index in [-0.39, 0.29) is 5.82 Å². The highest BCUT2D eigenvalue weighted by molar-refractivity contribution is 5.74. The lowest BCUT2D eigenvalue weighted by molar-refractivity contribution is 0.173. The monoisotopic (exact) mass is 542 g/mol. The van der Waals surface area contributed by atoms with E-state index in [0.29, 0.717) is 16.9 Å². The SMILES string of the molecule is CCc1cc(-c2ccc(-c3ccc(C4CCC(C)CC4)cc3)cc2F)c(CC)cc1OCCC(CC)(CC)CC. The Morgan fingerprint density at radius 1 is 0.725 bits per heavy atom. The third kappa shape index (κ3) is 6.81. The van der Waals surface area contributed by atoms with Gasteiger partial charge in [0.1, 0.15) is 11.6 Å². The van der Waals surface area contributed by atoms with E-state index in [4.69, 9.17) is 4.74 Å². The third-order valence-electron chi connectivity index (χ3n) is 10.2. The summed E-state index contributed by atoms with van der Waals surface area (Å²) in [6.45, 7) is 14.3. The van der Waals surface area contributed by atoms with Gasteiger partial charge in [0.25, 0.3) is 0 Å². The average Bonchev–Trinajstić information content (AvgIpc) is 3.00. The summed E-state index contributed by atoms with van der Waals surface area (Å²) in [5.74, 6) is 2.33. The van der Waals surface area contributed by atoms with E-state index in [1.165, 1.54) is 50.5 Å². The van der Waals surface area contributed by atoms with Crippen molar-refractivity contribution >= 4 is 0 Å². The lowest BCUT2D eigenvalue weighted by atomic mass is 9.77. The van der Waals surface area contributed by atoms with Gasteiger partial charge in [0.05, 0.1) is 6.61 Å². The van der Waals surface area contributed by atoms with Gasteiger partial charge < -0.3 is 4.74 Å². The summed E-state index contributed by atoms with van der Waals surface area (Å²) in [5.41, 5.74) is 7.76. The van der Waals surface area contributed by atoms with E-state index in [0.717, 1.165) is 65.4 Å². The van der Waals surface area contributed by atoms with E-state index in [1.54, 1.807) is 6.07 Å². The molecule has 0 bridgehead atoms. The Kier molecular flexibility index (Phi) is 10.5. The highest BCUT2D eigenvalue weighted by Crippen LogP contribution is 2.39. The van der Waals surface area contributed by atoms with Crippen LogP contribution in [0.2, 0.25) is 0 Å². The Bertz CT molecular complexity index is 1220. The molecule has 1 nitrogen and oxygen atoms in total. The number of benzene rings is 3. The standard InChI is InChI=1S/C38H51FO/c1-7-28-26-37(40-23-22-38(9-3,10-4)11-5)29(8-2)24-35(28)34-21-20-33(25-36(34)39)32-18-16-31(17-19-32)30-14-12-27(6)13-15-30/h16-21,24-27,30H,7-15,22-23H2,1-6H3. The molecule has 0 saturated heterocycles. The molecule has 1 saturated carbocycles. The number of rotatable bonds is 12. The van der Waals surface area contributed by atoms with Gasteiger partial charge >= 0.3 is 0 Å². The van der Waals surface area contributed by atoms with E-state index in [1.807, 2.05) is 6.07 Å². The highest BCUT2D eigenvalue weighted by Gasteiger charge is 2.24. The van der Waals surface area contributed by atoms with Crippen LogP contribution in [-0.4, -0.2) is 6.61 Å². The van der Waals surface area contributed by atoms with Gasteiger partial charge in [0, 0.05) is 5.56 Å². The van der Waals surface area contributed by atoms with Gasteiger partial charge in [-0.15, -0.1) is 0 Å². The van der Waals surface area contributed by atoms with Crippen LogP contribution in [0.5, 0.6) is 5.75 Å². The van der Waals surface area contributed by atoms with Gasteiger partial charge in [-0.2, -0.15) is 0 Å². The van der Waals surface area contributed by atoms with Gasteiger partial charge in [-0.1, -0.05) is 110 Å². The normalized spacial score (nSPS) is 17.7. The highest BCUT2D eigenvalue weighted by atomic mass is 19.1. The van der Waals surface area contributed by atoms with Crippen molar-refractivity contribution in [3.05, 3.63) is 77.1 Å². The van der Waals surface area contributed by atoms with Crippen LogP contribution < -0.4 is 4.74 Å². The molecule has 0 N–H and O–H groups in total. The van der Waals surface area contributed by atoms with Crippen LogP contribution in [0.1, 0.15) is 116 Å². The van der Waals surface area contributed by atoms with Gasteiger partial charge in [-0.3, -0.25) is 0 Å². The molecule has 4 rings (SSSR count). The first-order valence-corrected chi connectivity index (χ1v) is 16.1. The number of halogens is 1. The quantitative estimate of drug-likeness (QED) is 0.221. The van der Waals surface area contributed by atoms with Gasteiger partial charge in [0.15, 0.2) is 0 Å². The van der Waals surface area contributed by atoms with Crippen LogP contribution in [0.4, 0.5) is 4.39 Å². The molecule has 0 atom stereocenters. The molecule has 0 spiro atoms. The minimum absolute atomic E-state index is 0.160. The first-order valence-electron chi connectivity index (χ1n) is 16.1. The molecular formula is C38H51FO. The minimum Gasteiger partial charge on any atom is -0.493 e. The maximum Gasteiger partial charge on any atom is 0.131 e. The fourth-order valence-electron chi connectivity index (χ4n) is 6.73. The van der Waals surface area contributed by atoms with Crippen LogP contribution >= 0.6 is 0 Å². The maximum absolute atomic E-state index is 15.7. The summed E-state index contributed by atoms with van der Waals surface area (Å²) in [4.78, 5) is 0. The van der Waals surface area contributed by atoms with Crippen LogP contribution in [0.3, 0.4) is 0 Å². The lowest BCUT2D eigenvalue weighted by Crippen LogP contribution is -2.21. The molecule has 0 aromatic heterocycles. The maximum atomic E-state index is 15.7. The predicted octanol–water partition coefficient (Wildman–Crippen LogP) is 11.6. The van der Waals surface area contributed by atoms with Crippen molar-refractivity contribution in [3.63, 3.8) is 0 Å². The molecular weight excluding hydrogens is 491 g/mol. The number of hydrogen-bond acceptors (Lipinski definition) is 1. The number of aryl methyl sites for hydroxylation is 2. The summed E-state index contributed by atoms with van der Waals surface area (Å²) in [5, 5.41) is 0. The summed E-state index contributed by atoms with van der Waals surface area (Å²) in [7, 11) is 0. The molecule has 216 valence electrons. The molecule has 1 aliphatic carbocycles. The van der Waals surface area contributed by atoms with Crippen molar-refractivity contribution in [2.24, 2.45) is 11.3 Å².